The second-order valence-electron chi connectivity index (χ2n) is 7.83. The van der Waals surface area contributed by atoms with Crippen LogP contribution in [0.5, 0.6) is 0 Å². The van der Waals surface area contributed by atoms with Crippen LogP contribution in [0, 0.1) is 0 Å². The molecule has 2 aromatic carbocycles. The van der Waals surface area contributed by atoms with E-state index in [1.807, 2.05) is 0 Å². The Morgan fingerprint density at radius 1 is 1.00 bits per heavy atom. The van der Waals surface area contributed by atoms with Gasteiger partial charge in [0.1, 0.15) is 0 Å². The molecule has 1 fully saturated rings. The highest BCUT2D eigenvalue weighted by Crippen LogP contribution is 2.27. The summed E-state index contributed by atoms with van der Waals surface area (Å²) in [5.74, 6) is 0.0142. The summed E-state index contributed by atoms with van der Waals surface area (Å²) in [6.07, 6.45) is 5.77. The van der Waals surface area contributed by atoms with Crippen molar-refractivity contribution in [2.24, 2.45) is 0 Å². The lowest BCUT2D eigenvalue weighted by Gasteiger charge is -2.33. The molecule has 0 saturated carbocycles. The number of nitrogens with zero attached hydrogens (tertiary/aromatic N) is 2. The van der Waals surface area contributed by atoms with E-state index >= 15 is 0 Å². The minimum atomic E-state index is 0.0142. The van der Waals surface area contributed by atoms with Crippen molar-refractivity contribution in [1.29, 1.82) is 0 Å². The predicted molar refractivity (Wildman–Crippen MR) is 114 cm³/mol. The third kappa shape index (κ3) is 4.45. The number of hydrogen-bond donors (Lipinski definition) is 1. The van der Waals surface area contributed by atoms with Gasteiger partial charge in [-0.05, 0) is 47.9 Å². The summed E-state index contributed by atoms with van der Waals surface area (Å²) in [6, 6.07) is 20.1. The van der Waals surface area contributed by atoms with Crippen molar-refractivity contribution in [3.63, 3.8) is 0 Å². The molecule has 28 heavy (non-hydrogen) atoms. The molecule has 0 unspecified atom stereocenters. The summed E-state index contributed by atoms with van der Waals surface area (Å²) >= 11 is 0. The summed E-state index contributed by atoms with van der Waals surface area (Å²) in [7, 11) is 0. The number of benzene rings is 2. The minimum absolute atomic E-state index is 0.0142. The zero-order valence-electron chi connectivity index (χ0n) is 16.6. The molecule has 1 amide bonds. The monoisotopic (exact) mass is 375 g/mol. The molecule has 2 heterocycles. The van der Waals surface area contributed by atoms with Crippen LogP contribution in [0.15, 0.2) is 60.8 Å². The van der Waals surface area contributed by atoms with Crippen LogP contribution >= 0.6 is 0 Å². The van der Waals surface area contributed by atoms with Crippen molar-refractivity contribution in [3.8, 4) is 0 Å². The van der Waals surface area contributed by atoms with Crippen LogP contribution in [0.2, 0.25) is 0 Å². The Kier molecular flexibility index (Phi) is 5.77. The average molecular weight is 376 g/mol. The van der Waals surface area contributed by atoms with E-state index in [0.717, 1.165) is 31.6 Å². The molecule has 1 saturated heterocycles. The van der Waals surface area contributed by atoms with E-state index in [1.165, 1.54) is 29.3 Å². The number of piperidine rings is 1. The summed E-state index contributed by atoms with van der Waals surface area (Å²) < 4.78 is 2.47. The normalized spacial score (nSPS) is 15.8. The van der Waals surface area contributed by atoms with Crippen molar-refractivity contribution in [2.45, 2.75) is 38.8 Å². The lowest BCUT2D eigenvalue weighted by molar-refractivity contribution is -0.119. The van der Waals surface area contributed by atoms with Crippen LogP contribution in [0.25, 0.3) is 10.9 Å². The molecule has 4 nitrogen and oxygen atoms in total. The second kappa shape index (κ2) is 8.61. The first kappa shape index (κ1) is 18.8. The predicted octanol–water partition coefficient (Wildman–Crippen LogP) is 4.16. The van der Waals surface area contributed by atoms with Gasteiger partial charge in [0, 0.05) is 50.9 Å². The van der Waals surface area contributed by atoms with E-state index in [0.29, 0.717) is 12.6 Å². The van der Waals surface area contributed by atoms with Gasteiger partial charge < -0.3 is 14.8 Å². The van der Waals surface area contributed by atoms with E-state index < -0.39 is 0 Å². The van der Waals surface area contributed by atoms with E-state index in [-0.39, 0.29) is 5.91 Å². The van der Waals surface area contributed by atoms with Crippen LogP contribution in [0.4, 0.5) is 0 Å². The highest BCUT2D eigenvalue weighted by atomic mass is 16.1. The van der Waals surface area contributed by atoms with Crippen molar-refractivity contribution in [2.75, 3.05) is 19.6 Å². The molecular formula is C24H29N3O. The first-order valence-corrected chi connectivity index (χ1v) is 10.3. The Balaban J connectivity index is 1.26. The van der Waals surface area contributed by atoms with Crippen molar-refractivity contribution in [1.82, 2.24) is 14.8 Å². The molecule has 1 N–H and O–H groups in total. The fourth-order valence-electron chi connectivity index (χ4n) is 4.18. The molecular weight excluding hydrogens is 346 g/mol. The van der Waals surface area contributed by atoms with Crippen molar-refractivity contribution >= 4 is 16.8 Å². The van der Waals surface area contributed by atoms with Gasteiger partial charge >= 0.3 is 0 Å². The van der Waals surface area contributed by atoms with Gasteiger partial charge in [-0.1, -0.05) is 42.5 Å². The number of fused-ring (bicyclic) bond motifs is 1. The molecule has 1 aromatic heterocycles. The minimum Gasteiger partial charge on any atom is -0.352 e. The Bertz CT molecular complexity index is 920. The number of para-hydroxylation sites is 1. The molecule has 0 atom stereocenters. The fraction of sp³-hybridized carbons (Fsp3) is 0.375. The maximum atomic E-state index is 11.0. The third-order valence-electron chi connectivity index (χ3n) is 5.86. The maximum absolute atomic E-state index is 11.0. The number of hydrogen-bond acceptors (Lipinski definition) is 2. The smallest absolute Gasteiger partial charge is 0.217 e. The second-order valence-corrected chi connectivity index (χ2v) is 7.83. The van der Waals surface area contributed by atoms with Gasteiger partial charge in [-0.25, -0.2) is 0 Å². The third-order valence-corrected chi connectivity index (χ3v) is 5.86. The van der Waals surface area contributed by atoms with Gasteiger partial charge in [-0.15, -0.1) is 0 Å². The fourth-order valence-corrected chi connectivity index (χ4v) is 4.18. The first-order valence-electron chi connectivity index (χ1n) is 10.3. The Labute approximate surface area is 167 Å². The molecule has 0 spiro atoms. The first-order chi connectivity index (χ1) is 13.7. The van der Waals surface area contributed by atoms with Gasteiger partial charge in [0.2, 0.25) is 5.91 Å². The highest BCUT2D eigenvalue weighted by Gasteiger charge is 2.21. The zero-order valence-corrected chi connectivity index (χ0v) is 16.6. The number of rotatable bonds is 6. The van der Waals surface area contributed by atoms with E-state index in [9.17, 15) is 4.79 Å². The van der Waals surface area contributed by atoms with Crippen LogP contribution in [-0.2, 0) is 17.8 Å². The zero-order chi connectivity index (χ0) is 19.3. The largest absolute Gasteiger partial charge is 0.352 e. The van der Waals surface area contributed by atoms with Gasteiger partial charge in [-0.3, -0.25) is 4.79 Å². The molecule has 0 radical (unpaired) electrons. The summed E-state index contributed by atoms with van der Waals surface area (Å²) in [6.45, 7) is 5.60. The Hall–Kier alpha value is -2.59. The number of amides is 1. The molecule has 0 aliphatic carbocycles. The molecule has 4 heteroatoms. The van der Waals surface area contributed by atoms with Crippen molar-refractivity contribution < 1.29 is 4.79 Å². The lowest BCUT2D eigenvalue weighted by atomic mass is 10.0. The number of likely N-dealkylation sites (tertiary alicyclic amines) is 1. The summed E-state index contributed by atoms with van der Waals surface area (Å²) in [5, 5.41) is 4.18. The van der Waals surface area contributed by atoms with Gasteiger partial charge in [0.05, 0.1) is 0 Å². The van der Waals surface area contributed by atoms with Crippen LogP contribution in [0.1, 0.15) is 36.9 Å². The number of nitrogens with one attached hydrogen (secondary N) is 1. The SMILES string of the molecule is CC(=O)NCc1ccc(CCN2CCC(n3ccc4ccccc43)CC2)cc1. The standard InChI is InChI=1S/C24H29N3O/c1-19(28)25-18-21-8-6-20(7-9-21)10-14-26-15-12-23(13-16-26)27-17-11-22-4-2-3-5-24(22)27/h2-9,11,17,23H,10,12-16,18H2,1H3,(H,25,28). The number of aromatic nitrogens is 1. The molecule has 146 valence electrons. The van der Waals surface area contributed by atoms with E-state index in [1.54, 1.807) is 6.92 Å². The molecule has 4 rings (SSSR count). The van der Waals surface area contributed by atoms with Crippen LogP contribution in [0.3, 0.4) is 0 Å². The quantitative estimate of drug-likeness (QED) is 0.702. The summed E-state index contributed by atoms with van der Waals surface area (Å²) in [5.41, 5.74) is 3.88. The van der Waals surface area contributed by atoms with E-state index in [4.69, 9.17) is 0 Å². The van der Waals surface area contributed by atoms with Gasteiger partial charge in [0.15, 0.2) is 0 Å². The van der Waals surface area contributed by atoms with Crippen LogP contribution < -0.4 is 5.32 Å². The average Bonchev–Trinajstić information content (AvgIpc) is 3.16. The highest BCUT2D eigenvalue weighted by molar-refractivity contribution is 5.80. The van der Waals surface area contributed by atoms with E-state index in [2.05, 4.69) is 75.6 Å². The lowest BCUT2D eigenvalue weighted by Crippen LogP contribution is -2.35. The topological polar surface area (TPSA) is 37.3 Å². The molecule has 1 aliphatic rings. The molecule has 0 bridgehead atoms. The summed E-state index contributed by atoms with van der Waals surface area (Å²) in [4.78, 5) is 13.6. The molecule has 3 aromatic rings. The Morgan fingerprint density at radius 3 is 2.46 bits per heavy atom. The Morgan fingerprint density at radius 2 is 1.71 bits per heavy atom. The maximum Gasteiger partial charge on any atom is 0.217 e. The molecule has 1 aliphatic heterocycles. The van der Waals surface area contributed by atoms with Crippen molar-refractivity contribution in [3.05, 3.63) is 71.9 Å². The number of carbonyl (C=O) groups excluding carboxylic acids is 1. The number of carbonyl (C=O) groups is 1. The van der Waals surface area contributed by atoms with Crippen LogP contribution in [-0.4, -0.2) is 35.0 Å². The van der Waals surface area contributed by atoms with Gasteiger partial charge in [0.25, 0.3) is 0 Å². The van der Waals surface area contributed by atoms with Gasteiger partial charge in [-0.2, -0.15) is 0 Å².